The highest BCUT2D eigenvalue weighted by Gasteiger charge is 2.29. The first-order chi connectivity index (χ1) is 13.4. The smallest absolute Gasteiger partial charge is 0.264 e. The minimum atomic E-state index is -4.17. The zero-order valence-corrected chi connectivity index (χ0v) is 17.0. The third-order valence-electron chi connectivity index (χ3n) is 3.57. The van der Waals surface area contributed by atoms with Crippen LogP contribution < -0.4 is 9.62 Å². The Bertz CT molecular complexity index is 1070. The molecule has 146 valence electrons. The van der Waals surface area contributed by atoms with E-state index in [0.717, 1.165) is 21.7 Å². The number of benzene rings is 2. The Morgan fingerprint density at radius 2 is 1.82 bits per heavy atom. The van der Waals surface area contributed by atoms with Crippen molar-refractivity contribution in [3.63, 3.8) is 0 Å². The van der Waals surface area contributed by atoms with E-state index in [1.807, 2.05) is 6.26 Å². The molecule has 0 aliphatic carbocycles. The van der Waals surface area contributed by atoms with E-state index in [9.17, 15) is 17.6 Å². The van der Waals surface area contributed by atoms with Gasteiger partial charge in [-0.05, 0) is 30.5 Å². The highest BCUT2D eigenvalue weighted by Crippen LogP contribution is 2.27. The molecule has 0 saturated heterocycles. The first-order valence-corrected chi connectivity index (χ1v) is 11.4. The number of para-hydroxylation sites is 1. The summed E-state index contributed by atoms with van der Waals surface area (Å²) in [7, 11) is -4.17. The van der Waals surface area contributed by atoms with Gasteiger partial charge in [0.2, 0.25) is 11.0 Å². The number of carbonyl (C=O) groups excluding carboxylic acids is 1. The van der Waals surface area contributed by atoms with Gasteiger partial charge in [0.15, 0.2) is 4.34 Å². The van der Waals surface area contributed by atoms with Gasteiger partial charge >= 0.3 is 0 Å². The molecule has 0 fully saturated rings. The summed E-state index contributed by atoms with van der Waals surface area (Å²) in [5, 5.41) is 10.4. The summed E-state index contributed by atoms with van der Waals surface area (Å²) in [6, 6.07) is 12.9. The van der Waals surface area contributed by atoms with Gasteiger partial charge in [-0.25, -0.2) is 12.8 Å². The van der Waals surface area contributed by atoms with E-state index in [0.29, 0.717) is 4.34 Å². The average Bonchev–Trinajstić information content (AvgIpc) is 3.15. The number of hydrogen-bond acceptors (Lipinski definition) is 7. The van der Waals surface area contributed by atoms with E-state index in [4.69, 9.17) is 0 Å². The van der Waals surface area contributed by atoms with Crippen LogP contribution in [0.25, 0.3) is 0 Å². The van der Waals surface area contributed by atoms with Gasteiger partial charge in [-0.15, -0.1) is 10.2 Å². The first-order valence-electron chi connectivity index (χ1n) is 7.91. The van der Waals surface area contributed by atoms with Crippen molar-refractivity contribution in [2.24, 2.45) is 0 Å². The number of rotatable bonds is 7. The molecule has 0 aliphatic rings. The molecule has 0 saturated carbocycles. The molecule has 2 aromatic carbocycles. The van der Waals surface area contributed by atoms with Crippen LogP contribution >= 0.6 is 23.1 Å². The van der Waals surface area contributed by atoms with Crippen LogP contribution in [0, 0.1) is 5.82 Å². The van der Waals surface area contributed by atoms with E-state index in [2.05, 4.69) is 15.5 Å². The van der Waals surface area contributed by atoms with Crippen molar-refractivity contribution in [1.82, 2.24) is 10.2 Å². The zero-order chi connectivity index (χ0) is 20.1. The number of thioether (sulfide) groups is 1. The van der Waals surface area contributed by atoms with Crippen molar-refractivity contribution < 1.29 is 17.6 Å². The van der Waals surface area contributed by atoms with E-state index < -0.39 is 28.3 Å². The van der Waals surface area contributed by atoms with Crippen LogP contribution in [-0.4, -0.2) is 37.3 Å². The maximum atomic E-state index is 14.4. The molecular formula is C17H15FN4O3S3. The fourth-order valence-corrected chi connectivity index (χ4v) is 4.94. The normalized spacial score (nSPS) is 11.2. The highest BCUT2D eigenvalue weighted by atomic mass is 32.2. The molecule has 1 heterocycles. The average molecular weight is 439 g/mol. The summed E-state index contributed by atoms with van der Waals surface area (Å²) in [5.74, 6) is -1.41. The second-order valence-corrected chi connectivity index (χ2v) is 9.29. The molecule has 0 bridgehead atoms. The molecule has 1 amide bonds. The van der Waals surface area contributed by atoms with E-state index in [-0.39, 0.29) is 15.7 Å². The Morgan fingerprint density at radius 3 is 2.46 bits per heavy atom. The van der Waals surface area contributed by atoms with Crippen molar-refractivity contribution in [1.29, 1.82) is 0 Å². The van der Waals surface area contributed by atoms with Gasteiger partial charge in [0.1, 0.15) is 12.4 Å². The van der Waals surface area contributed by atoms with Gasteiger partial charge in [0.25, 0.3) is 10.0 Å². The quantitative estimate of drug-likeness (QED) is 0.450. The zero-order valence-electron chi connectivity index (χ0n) is 14.6. The maximum Gasteiger partial charge on any atom is 0.264 e. The Kier molecular flexibility index (Phi) is 6.27. The number of anilines is 2. The second-order valence-electron chi connectivity index (χ2n) is 5.40. The minimum absolute atomic E-state index is 0.0494. The molecule has 1 N–H and O–H groups in total. The Morgan fingerprint density at radius 1 is 1.14 bits per heavy atom. The lowest BCUT2D eigenvalue weighted by atomic mass is 10.3. The van der Waals surface area contributed by atoms with Gasteiger partial charge in [0.05, 0.1) is 10.6 Å². The monoisotopic (exact) mass is 438 g/mol. The fraction of sp³-hybridized carbons (Fsp3) is 0.118. The van der Waals surface area contributed by atoms with E-state index >= 15 is 0 Å². The topological polar surface area (TPSA) is 92.3 Å². The molecule has 0 radical (unpaired) electrons. The Balaban J connectivity index is 1.93. The second kappa shape index (κ2) is 8.67. The lowest BCUT2D eigenvalue weighted by Crippen LogP contribution is -2.38. The molecule has 28 heavy (non-hydrogen) atoms. The van der Waals surface area contributed by atoms with Crippen molar-refractivity contribution in [2.75, 3.05) is 22.4 Å². The first kappa shape index (κ1) is 20.2. The van der Waals surface area contributed by atoms with Crippen molar-refractivity contribution in [2.45, 2.75) is 9.24 Å². The number of carbonyl (C=O) groups is 1. The highest BCUT2D eigenvalue weighted by molar-refractivity contribution is 8.00. The molecule has 0 unspecified atom stereocenters. The summed E-state index contributed by atoms with van der Waals surface area (Å²) in [6.07, 6.45) is 1.82. The lowest BCUT2D eigenvalue weighted by molar-refractivity contribution is -0.114. The number of hydrogen-bond donors (Lipinski definition) is 1. The molecule has 11 heteroatoms. The number of aromatic nitrogens is 2. The fourth-order valence-electron chi connectivity index (χ4n) is 2.31. The number of amides is 1. The molecule has 1 aromatic heterocycles. The predicted octanol–water partition coefficient (Wildman–Crippen LogP) is 3.23. The molecule has 0 spiro atoms. The van der Waals surface area contributed by atoms with Gasteiger partial charge in [-0.3, -0.25) is 14.4 Å². The van der Waals surface area contributed by atoms with Gasteiger partial charge in [-0.2, -0.15) is 0 Å². The maximum absolute atomic E-state index is 14.4. The van der Waals surface area contributed by atoms with E-state index in [1.165, 1.54) is 42.1 Å². The SMILES string of the molecule is CSc1nnc(NC(=O)CN(c2ccccc2F)S(=O)(=O)c2ccccc2)s1. The summed E-state index contributed by atoms with van der Waals surface area (Å²) >= 11 is 2.53. The summed E-state index contributed by atoms with van der Waals surface area (Å²) in [4.78, 5) is 12.4. The van der Waals surface area contributed by atoms with Crippen molar-refractivity contribution in [3.8, 4) is 0 Å². The van der Waals surface area contributed by atoms with Crippen LogP contribution in [0.2, 0.25) is 0 Å². The van der Waals surface area contributed by atoms with Crippen LogP contribution in [0.5, 0.6) is 0 Å². The van der Waals surface area contributed by atoms with E-state index in [1.54, 1.807) is 18.2 Å². The van der Waals surface area contributed by atoms with Crippen LogP contribution in [0.1, 0.15) is 0 Å². The van der Waals surface area contributed by atoms with Crippen LogP contribution in [0.15, 0.2) is 63.8 Å². The number of sulfonamides is 1. The molecule has 3 aromatic rings. The molecular weight excluding hydrogens is 423 g/mol. The lowest BCUT2D eigenvalue weighted by Gasteiger charge is -2.24. The third-order valence-corrected chi connectivity index (χ3v) is 7.16. The Labute approximate surface area is 169 Å². The number of halogens is 1. The summed E-state index contributed by atoms with van der Waals surface area (Å²) in [6.45, 7) is -0.619. The molecule has 0 aliphatic heterocycles. The van der Waals surface area contributed by atoms with Crippen LogP contribution in [0.4, 0.5) is 15.2 Å². The molecule has 0 atom stereocenters. The largest absolute Gasteiger partial charge is 0.299 e. The molecule has 7 nitrogen and oxygen atoms in total. The summed E-state index contributed by atoms with van der Waals surface area (Å²) < 4.78 is 41.9. The third kappa shape index (κ3) is 4.49. The van der Waals surface area contributed by atoms with Gasteiger partial charge in [-0.1, -0.05) is 53.4 Å². The van der Waals surface area contributed by atoms with Crippen LogP contribution in [-0.2, 0) is 14.8 Å². The minimum Gasteiger partial charge on any atom is -0.299 e. The number of nitrogens with one attached hydrogen (secondary N) is 1. The summed E-state index contributed by atoms with van der Waals surface area (Å²) in [5.41, 5.74) is -0.219. The predicted molar refractivity (Wildman–Crippen MR) is 108 cm³/mol. The van der Waals surface area contributed by atoms with Crippen molar-refractivity contribution in [3.05, 3.63) is 60.4 Å². The Hall–Kier alpha value is -2.50. The number of nitrogens with zero attached hydrogens (tertiary/aromatic N) is 3. The van der Waals surface area contributed by atoms with Gasteiger partial charge < -0.3 is 0 Å². The van der Waals surface area contributed by atoms with Gasteiger partial charge in [0, 0.05) is 0 Å². The molecule has 3 rings (SSSR count). The van der Waals surface area contributed by atoms with Crippen molar-refractivity contribution >= 4 is 49.8 Å². The van der Waals surface area contributed by atoms with Crippen LogP contribution in [0.3, 0.4) is 0 Å². The standard InChI is InChI=1S/C17H15FN4O3S3/c1-26-17-21-20-16(27-17)19-15(23)11-22(14-10-6-5-9-13(14)18)28(24,25)12-7-3-2-4-8-12/h2-10H,11H2,1H3,(H,19,20,23).